The summed E-state index contributed by atoms with van der Waals surface area (Å²) in [5, 5.41) is 6.34. The molecule has 0 aliphatic heterocycles. The Hall–Kier alpha value is -2.11. The Kier molecular flexibility index (Phi) is 4.72. The first kappa shape index (κ1) is 13.3. The molecular formula is C13H19N5O. The van der Waals surface area contributed by atoms with Gasteiger partial charge in [0.1, 0.15) is 17.4 Å². The molecule has 2 N–H and O–H groups in total. The van der Waals surface area contributed by atoms with Gasteiger partial charge < -0.3 is 15.1 Å². The number of rotatable bonds is 7. The minimum absolute atomic E-state index is 0.506. The molecule has 102 valence electrons. The summed E-state index contributed by atoms with van der Waals surface area (Å²) in [6.45, 7) is 5.53. The maximum Gasteiger partial charge on any atom is 0.213 e. The van der Waals surface area contributed by atoms with Gasteiger partial charge in [0.15, 0.2) is 0 Å². The molecule has 0 saturated carbocycles. The van der Waals surface area contributed by atoms with E-state index in [1.54, 1.807) is 18.6 Å². The molecule has 0 aliphatic carbocycles. The Morgan fingerprint density at radius 1 is 1.11 bits per heavy atom. The van der Waals surface area contributed by atoms with Crippen molar-refractivity contribution >= 4 is 11.6 Å². The molecule has 0 radical (unpaired) electrons. The van der Waals surface area contributed by atoms with Crippen molar-refractivity contribution in [1.82, 2.24) is 15.0 Å². The normalized spacial score (nSPS) is 10.4. The molecule has 2 rings (SSSR count). The van der Waals surface area contributed by atoms with E-state index < -0.39 is 0 Å². The molecule has 0 aromatic carbocycles. The Morgan fingerprint density at radius 2 is 1.89 bits per heavy atom. The van der Waals surface area contributed by atoms with Crippen LogP contribution in [0.4, 0.5) is 11.6 Å². The fourth-order valence-electron chi connectivity index (χ4n) is 1.55. The molecule has 2 aromatic heterocycles. The molecule has 6 heteroatoms. The van der Waals surface area contributed by atoms with Crippen LogP contribution in [0.2, 0.25) is 0 Å². The number of nitrogens with one attached hydrogen (secondary N) is 2. The number of hydrogen-bond acceptors (Lipinski definition) is 6. The van der Waals surface area contributed by atoms with Crippen LogP contribution in [-0.4, -0.2) is 21.5 Å². The number of aromatic nitrogens is 3. The van der Waals surface area contributed by atoms with Crippen molar-refractivity contribution in [2.24, 2.45) is 0 Å². The largest absolute Gasteiger partial charge is 0.444 e. The summed E-state index contributed by atoms with van der Waals surface area (Å²) in [5.41, 5.74) is 0. The highest BCUT2D eigenvalue weighted by Crippen LogP contribution is 2.09. The molecular weight excluding hydrogens is 242 g/mol. The Morgan fingerprint density at radius 3 is 2.58 bits per heavy atom. The van der Waals surface area contributed by atoms with Crippen LogP contribution in [-0.2, 0) is 13.0 Å². The summed E-state index contributed by atoms with van der Waals surface area (Å²) in [6.07, 6.45) is 7.04. The molecule has 0 aliphatic rings. The summed E-state index contributed by atoms with van der Waals surface area (Å²) in [4.78, 5) is 12.7. The maximum absolute atomic E-state index is 5.51. The fraction of sp³-hybridized carbons (Fsp3) is 0.462. The van der Waals surface area contributed by atoms with Gasteiger partial charge in [-0.15, -0.1) is 0 Å². The van der Waals surface area contributed by atoms with Gasteiger partial charge in [-0.25, -0.2) is 9.97 Å². The molecule has 2 heterocycles. The average Bonchev–Trinajstić information content (AvgIpc) is 2.91. The van der Waals surface area contributed by atoms with Crippen molar-refractivity contribution in [3.63, 3.8) is 0 Å². The topological polar surface area (TPSA) is 75.9 Å². The van der Waals surface area contributed by atoms with Crippen LogP contribution in [0.3, 0.4) is 0 Å². The molecule has 0 bridgehead atoms. The van der Waals surface area contributed by atoms with E-state index in [1.165, 1.54) is 0 Å². The minimum atomic E-state index is 0.506. The third kappa shape index (κ3) is 3.94. The van der Waals surface area contributed by atoms with Gasteiger partial charge in [0.2, 0.25) is 5.89 Å². The zero-order chi connectivity index (χ0) is 13.5. The van der Waals surface area contributed by atoms with Gasteiger partial charge in [-0.3, -0.25) is 4.98 Å². The van der Waals surface area contributed by atoms with E-state index in [0.29, 0.717) is 18.3 Å². The van der Waals surface area contributed by atoms with Gasteiger partial charge in [-0.1, -0.05) is 13.8 Å². The van der Waals surface area contributed by atoms with Crippen molar-refractivity contribution < 1.29 is 4.42 Å². The van der Waals surface area contributed by atoms with E-state index in [-0.39, 0.29) is 0 Å². The smallest absolute Gasteiger partial charge is 0.213 e. The molecule has 0 unspecified atom stereocenters. The molecule has 6 nitrogen and oxygen atoms in total. The lowest BCUT2D eigenvalue weighted by atomic mass is 10.4. The summed E-state index contributed by atoms with van der Waals surface area (Å²) >= 11 is 0. The lowest BCUT2D eigenvalue weighted by Gasteiger charge is -2.06. The van der Waals surface area contributed by atoms with E-state index in [2.05, 4.69) is 32.5 Å². The molecule has 19 heavy (non-hydrogen) atoms. The zero-order valence-corrected chi connectivity index (χ0v) is 11.3. The second kappa shape index (κ2) is 6.72. The van der Waals surface area contributed by atoms with Crippen LogP contribution >= 0.6 is 0 Å². The average molecular weight is 261 g/mol. The van der Waals surface area contributed by atoms with Crippen molar-refractivity contribution in [3.05, 3.63) is 30.2 Å². The van der Waals surface area contributed by atoms with Gasteiger partial charge >= 0.3 is 0 Å². The molecule has 0 fully saturated rings. The van der Waals surface area contributed by atoms with Crippen LogP contribution in [0.25, 0.3) is 0 Å². The molecule has 0 atom stereocenters. The van der Waals surface area contributed by atoms with E-state index >= 15 is 0 Å². The van der Waals surface area contributed by atoms with Crippen LogP contribution in [0.1, 0.15) is 31.9 Å². The monoisotopic (exact) mass is 261 g/mol. The molecule has 0 amide bonds. The van der Waals surface area contributed by atoms with Crippen molar-refractivity contribution in [3.8, 4) is 0 Å². The van der Waals surface area contributed by atoms with Gasteiger partial charge in [0.25, 0.3) is 0 Å². The van der Waals surface area contributed by atoms with Crippen LogP contribution in [0.15, 0.2) is 23.0 Å². The lowest BCUT2D eigenvalue weighted by molar-refractivity contribution is 0.465. The van der Waals surface area contributed by atoms with E-state index in [4.69, 9.17) is 4.42 Å². The van der Waals surface area contributed by atoms with Crippen LogP contribution in [0.5, 0.6) is 0 Å². The minimum Gasteiger partial charge on any atom is -0.444 e. The van der Waals surface area contributed by atoms with Gasteiger partial charge in [-0.2, -0.15) is 0 Å². The quantitative estimate of drug-likeness (QED) is 0.797. The number of nitrogens with zero attached hydrogens (tertiary/aromatic N) is 3. The van der Waals surface area contributed by atoms with Crippen LogP contribution in [0, 0.1) is 0 Å². The summed E-state index contributed by atoms with van der Waals surface area (Å²) in [5.74, 6) is 3.03. The molecule has 0 spiro atoms. The zero-order valence-electron chi connectivity index (χ0n) is 11.3. The van der Waals surface area contributed by atoms with Crippen molar-refractivity contribution in [2.75, 3.05) is 17.2 Å². The third-order valence-electron chi connectivity index (χ3n) is 2.56. The van der Waals surface area contributed by atoms with Gasteiger partial charge in [-0.05, 0) is 6.42 Å². The highest BCUT2D eigenvalue weighted by molar-refractivity contribution is 5.41. The van der Waals surface area contributed by atoms with Crippen molar-refractivity contribution in [1.29, 1.82) is 0 Å². The number of aryl methyl sites for hydroxylation is 1. The standard InChI is InChI=1S/C13H19N5O/c1-3-5-15-11-7-14-8-12(18-11)16-9-13-17-6-10(4-2)19-13/h6-8H,3-5,9H2,1-2H3,(H2,15,16,18). The van der Waals surface area contributed by atoms with E-state index in [0.717, 1.165) is 31.0 Å². The SMILES string of the molecule is CCCNc1cncc(NCc2ncc(CC)o2)n1. The fourth-order valence-corrected chi connectivity index (χ4v) is 1.55. The third-order valence-corrected chi connectivity index (χ3v) is 2.56. The second-order valence-corrected chi connectivity index (χ2v) is 4.14. The van der Waals surface area contributed by atoms with Crippen LogP contribution < -0.4 is 10.6 Å². The van der Waals surface area contributed by atoms with E-state index in [9.17, 15) is 0 Å². The second-order valence-electron chi connectivity index (χ2n) is 4.14. The number of oxazole rings is 1. The first-order valence-electron chi connectivity index (χ1n) is 6.55. The van der Waals surface area contributed by atoms with Gasteiger partial charge in [0.05, 0.1) is 25.1 Å². The maximum atomic E-state index is 5.51. The predicted octanol–water partition coefficient (Wildman–Crippen LogP) is 2.46. The summed E-state index contributed by atoms with van der Waals surface area (Å²) < 4.78 is 5.51. The lowest BCUT2D eigenvalue weighted by Crippen LogP contribution is -2.06. The first-order chi connectivity index (χ1) is 9.31. The molecule has 0 saturated heterocycles. The number of hydrogen-bond donors (Lipinski definition) is 2. The van der Waals surface area contributed by atoms with Crippen molar-refractivity contribution in [2.45, 2.75) is 33.2 Å². The Labute approximate surface area is 112 Å². The highest BCUT2D eigenvalue weighted by atomic mass is 16.4. The highest BCUT2D eigenvalue weighted by Gasteiger charge is 2.03. The molecule has 2 aromatic rings. The Bertz CT molecular complexity index is 511. The summed E-state index contributed by atoms with van der Waals surface area (Å²) in [7, 11) is 0. The number of anilines is 2. The van der Waals surface area contributed by atoms with Gasteiger partial charge in [0, 0.05) is 13.0 Å². The predicted molar refractivity (Wildman–Crippen MR) is 74.0 cm³/mol. The summed E-state index contributed by atoms with van der Waals surface area (Å²) in [6, 6.07) is 0. The Balaban J connectivity index is 1.91. The van der Waals surface area contributed by atoms with E-state index in [1.807, 2.05) is 6.92 Å². The first-order valence-corrected chi connectivity index (χ1v) is 6.55.